The Morgan fingerprint density at radius 1 is 0.897 bits per heavy atom. The molecule has 0 fully saturated rings. The summed E-state index contributed by atoms with van der Waals surface area (Å²) in [6.45, 7) is 0.130. The number of fused-ring (bicyclic) bond motifs is 1. The van der Waals surface area contributed by atoms with E-state index in [2.05, 4.69) is 5.32 Å². The van der Waals surface area contributed by atoms with Crippen LogP contribution in [0.5, 0.6) is 0 Å². The molecule has 1 aliphatic rings. The van der Waals surface area contributed by atoms with Gasteiger partial charge in [-0.05, 0) is 58.7 Å². The molecule has 0 bridgehead atoms. The number of nitrogens with one attached hydrogen (secondary N) is 1. The lowest BCUT2D eigenvalue weighted by molar-refractivity contribution is -0.137. The van der Waals surface area contributed by atoms with Crippen molar-refractivity contribution in [1.82, 2.24) is 5.32 Å². The van der Waals surface area contributed by atoms with Crippen molar-refractivity contribution < 1.29 is 26.4 Å². The van der Waals surface area contributed by atoms with Gasteiger partial charge in [-0.25, -0.2) is 8.42 Å². The van der Waals surface area contributed by atoms with Crippen molar-refractivity contribution in [2.24, 2.45) is 0 Å². The van der Waals surface area contributed by atoms with Crippen LogP contribution in [0.2, 0.25) is 5.02 Å². The molecule has 0 spiro atoms. The lowest BCUT2D eigenvalue weighted by Crippen LogP contribution is -2.47. The first-order valence-electron chi connectivity index (χ1n) is 12.0. The summed E-state index contributed by atoms with van der Waals surface area (Å²) in [5, 5.41) is 3.28. The molecule has 4 aromatic rings. The fourth-order valence-electron chi connectivity index (χ4n) is 4.60. The maximum absolute atomic E-state index is 13.8. The van der Waals surface area contributed by atoms with Crippen LogP contribution in [0, 0.1) is 0 Å². The lowest BCUT2D eigenvalue weighted by Gasteiger charge is -2.26. The van der Waals surface area contributed by atoms with Crippen LogP contribution in [-0.2, 0) is 34.0 Å². The summed E-state index contributed by atoms with van der Waals surface area (Å²) in [4.78, 5) is 13.2. The SMILES string of the molecule is O=C(NCc1ccccc1Cl)[C@@H]1Cc2ccccc2N1S(=O)(=O)c1ccc(-c2cccc(C(F)(F)F)c2)cc1. The number of benzene rings is 4. The van der Waals surface area contributed by atoms with Gasteiger partial charge in [0.2, 0.25) is 5.91 Å². The molecule has 0 unspecified atom stereocenters. The van der Waals surface area contributed by atoms with E-state index < -0.39 is 33.7 Å². The topological polar surface area (TPSA) is 66.5 Å². The number of amides is 1. The maximum atomic E-state index is 13.8. The highest BCUT2D eigenvalue weighted by Crippen LogP contribution is 2.38. The van der Waals surface area contributed by atoms with Crippen LogP contribution in [0.25, 0.3) is 11.1 Å². The van der Waals surface area contributed by atoms with E-state index >= 15 is 0 Å². The molecule has 1 amide bonds. The van der Waals surface area contributed by atoms with E-state index in [9.17, 15) is 26.4 Å². The summed E-state index contributed by atoms with van der Waals surface area (Å²) in [5.41, 5.74) is 1.74. The number of sulfonamides is 1. The van der Waals surface area contributed by atoms with Gasteiger partial charge in [-0.2, -0.15) is 13.2 Å². The van der Waals surface area contributed by atoms with E-state index in [1.807, 2.05) is 0 Å². The average molecular weight is 571 g/mol. The number of hydrogen-bond donors (Lipinski definition) is 1. The predicted molar refractivity (Wildman–Crippen MR) is 144 cm³/mol. The molecule has 5 nitrogen and oxygen atoms in total. The zero-order valence-electron chi connectivity index (χ0n) is 20.3. The molecule has 4 aromatic carbocycles. The first-order chi connectivity index (χ1) is 18.6. The Morgan fingerprint density at radius 3 is 2.31 bits per heavy atom. The second-order valence-corrected chi connectivity index (χ2v) is 11.3. The number of halogens is 4. The molecular formula is C29H22ClF3N2O3S. The molecule has 200 valence electrons. The smallest absolute Gasteiger partial charge is 0.350 e. The van der Waals surface area contributed by atoms with Crippen molar-refractivity contribution in [3.63, 3.8) is 0 Å². The Morgan fingerprint density at radius 2 is 1.59 bits per heavy atom. The van der Waals surface area contributed by atoms with Gasteiger partial charge in [-0.1, -0.05) is 72.3 Å². The Balaban J connectivity index is 1.44. The second-order valence-electron chi connectivity index (χ2n) is 9.06. The number of carbonyl (C=O) groups is 1. The number of anilines is 1. The monoisotopic (exact) mass is 570 g/mol. The van der Waals surface area contributed by atoms with E-state index in [4.69, 9.17) is 11.6 Å². The van der Waals surface area contributed by atoms with Crippen molar-refractivity contribution in [2.45, 2.75) is 30.1 Å². The first-order valence-corrected chi connectivity index (χ1v) is 13.8. The minimum Gasteiger partial charge on any atom is -0.350 e. The zero-order valence-corrected chi connectivity index (χ0v) is 21.9. The number of carbonyl (C=O) groups excluding carboxylic acids is 1. The number of alkyl halides is 3. The van der Waals surface area contributed by atoms with E-state index in [-0.39, 0.29) is 17.9 Å². The van der Waals surface area contributed by atoms with Crippen LogP contribution in [0.4, 0.5) is 18.9 Å². The number of hydrogen-bond acceptors (Lipinski definition) is 3. The third-order valence-electron chi connectivity index (χ3n) is 6.57. The Labute approximate surface area is 228 Å². The van der Waals surface area contributed by atoms with Gasteiger partial charge >= 0.3 is 6.18 Å². The minimum atomic E-state index is -4.50. The number of para-hydroxylation sites is 1. The average Bonchev–Trinajstić information content (AvgIpc) is 3.33. The van der Waals surface area contributed by atoms with E-state index in [1.165, 1.54) is 36.4 Å². The van der Waals surface area contributed by atoms with Crippen LogP contribution in [-0.4, -0.2) is 20.4 Å². The minimum absolute atomic E-state index is 0.0844. The second kappa shape index (κ2) is 10.4. The van der Waals surface area contributed by atoms with Crippen LogP contribution in [0.15, 0.2) is 102 Å². The highest BCUT2D eigenvalue weighted by Gasteiger charge is 2.42. The van der Waals surface area contributed by atoms with Gasteiger partial charge in [0.15, 0.2) is 0 Å². The summed E-state index contributed by atoms with van der Waals surface area (Å²) >= 11 is 6.20. The zero-order chi connectivity index (χ0) is 27.8. The molecule has 39 heavy (non-hydrogen) atoms. The summed E-state index contributed by atoms with van der Waals surface area (Å²) in [6.07, 6.45) is -4.31. The molecule has 0 aliphatic carbocycles. The van der Waals surface area contributed by atoms with Gasteiger partial charge in [-0.3, -0.25) is 9.10 Å². The first kappa shape index (κ1) is 26.8. The molecule has 0 aromatic heterocycles. The highest BCUT2D eigenvalue weighted by atomic mass is 35.5. The summed E-state index contributed by atoms with van der Waals surface area (Å²) in [6, 6.07) is 23.3. The summed E-state index contributed by atoms with van der Waals surface area (Å²) < 4.78 is 68.3. The molecule has 1 heterocycles. The van der Waals surface area contributed by atoms with E-state index in [0.717, 1.165) is 16.4 Å². The molecular weight excluding hydrogens is 549 g/mol. The van der Waals surface area contributed by atoms with E-state index in [0.29, 0.717) is 33.0 Å². The third kappa shape index (κ3) is 5.37. The Hall–Kier alpha value is -3.82. The molecule has 0 saturated carbocycles. The molecule has 5 rings (SSSR count). The molecule has 1 atom stereocenters. The molecule has 1 N–H and O–H groups in total. The molecule has 0 saturated heterocycles. The third-order valence-corrected chi connectivity index (χ3v) is 8.78. The standard InChI is InChI=1S/C29H22ClF3N2O3S/c30-25-10-3-1-7-22(25)18-34-28(36)27-17-21-6-2-4-11-26(21)35(27)39(37,38)24-14-12-19(13-15-24)20-8-5-9-23(16-20)29(31,32)33/h1-16,27H,17-18H2,(H,34,36)/t27-/m0/s1. The van der Waals surface area contributed by atoms with Crippen LogP contribution < -0.4 is 9.62 Å². The fraction of sp³-hybridized carbons (Fsp3) is 0.138. The van der Waals surface area contributed by atoms with Crippen LogP contribution in [0.1, 0.15) is 16.7 Å². The maximum Gasteiger partial charge on any atom is 0.416 e. The van der Waals surface area contributed by atoms with Gasteiger partial charge in [0.05, 0.1) is 16.1 Å². The van der Waals surface area contributed by atoms with Crippen molar-refractivity contribution in [1.29, 1.82) is 0 Å². The van der Waals surface area contributed by atoms with E-state index in [1.54, 1.807) is 48.5 Å². The summed E-state index contributed by atoms with van der Waals surface area (Å²) in [5.74, 6) is -0.477. The summed E-state index contributed by atoms with van der Waals surface area (Å²) in [7, 11) is -4.20. The number of rotatable bonds is 6. The van der Waals surface area contributed by atoms with Crippen molar-refractivity contribution in [2.75, 3.05) is 4.31 Å². The van der Waals surface area contributed by atoms with Gasteiger partial charge in [0.25, 0.3) is 10.0 Å². The normalized spacial score (nSPS) is 15.2. The van der Waals surface area contributed by atoms with Gasteiger partial charge in [0.1, 0.15) is 6.04 Å². The lowest BCUT2D eigenvalue weighted by atomic mass is 10.0. The van der Waals surface area contributed by atoms with Crippen LogP contribution >= 0.6 is 11.6 Å². The van der Waals surface area contributed by atoms with Gasteiger partial charge < -0.3 is 5.32 Å². The molecule has 1 aliphatic heterocycles. The van der Waals surface area contributed by atoms with Crippen molar-refractivity contribution in [3.8, 4) is 11.1 Å². The van der Waals surface area contributed by atoms with Crippen LogP contribution in [0.3, 0.4) is 0 Å². The predicted octanol–water partition coefficient (Wildman–Crippen LogP) is 6.46. The van der Waals surface area contributed by atoms with Gasteiger partial charge in [-0.15, -0.1) is 0 Å². The number of nitrogens with zero attached hydrogens (tertiary/aromatic N) is 1. The van der Waals surface area contributed by atoms with Crippen molar-refractivity contribution in [3.05, 3.63) is 119 Å². The molecule has 10 heteroatoms. The molecule has 0 radical (unpaired) electrons. The fourth-order valence-corrected chi connectivity index (χ4v) is 6.46. The highest BCUT2D eigenvalue weighted by molar-refractivity contribution is 7.93. The van der Waals surface area contributed by atoms with Gasteiger partial charge in [0, 0.05) is 18.0 Å². The Bertz CT molecular complexity index is 1640. The largest absolute Gasteiger partial charge is 0.416 e. The van der Waals surface area contributed by atoms with Crippen molar-refractivity contribution >= 4 is 33.2 Å². The Kier molecular flexibility index (Phi) is 7.13. The quantitative estimate of drug-likeness (QED) is 0.289.